The molecule has 0 spiro atoms. The van der Waals surface area contributed by atoms with Gasteiger partial charge in [0.2, 0.25) is 0 Å². The Morgan fingerprint density at radius 3 is 1.82 bits per heavy atom. The Morgan fingerprint density at radius 2 is 1.05 bits per heavy atom. The normalized spacial score (nSPS) is 15.1. The van der Waals surface area contributed by atoms with Crippen molar-refractivity contribution in [1.29, 1.82) is 0 Å². The molecule has 77 heavy (non-hydrogen) atoms. The molecule has 0 radical (unpaired) electrons. The van der Waals surface area contributed by atoms with Gasteiger partial charge in [-0.05, 0) is 126 Å². The third kappa shape index (κ3) is 8.37. The summed E-state index contributed by atoms with van der Waals surface area (Å²) in [7, 11) is 0. The van der Waals surface area contributed by atoms with E-state index < -0.39 is 31.4 Å². The van der Waals surface area contributed by atoms with Crippen LogP contribution in [0.2, 0.25) is 0 Å². The molecule has 9 aromatic carbocycles. The lowest BCUT2D eigenvalue weighted by atomic mass is 9.78. The van der Waals surface area contributed by atoms with Crippen molar-refractivity contribution < 1.29 is 17.1 Å². The molecule has 0 saturated carbocycles. The molecule has 4 heterocycles. The van der Waals surface area contributed by atoms with Crippen LogP contribution in [0.5, 0.6) is 11.5 Å². The lowest BCUT2D eigenvalue weighted by molar-refractivity contribution is 0.483. The van der Waals surface area contributed by atoms with Crippen LogP contribution in [0.4, 0.5) is 11.4 Å². The number of para-hydroxylation sites is 3. The second kappa shape index (κ2) is 18.0. The molecule has 0 bridgehead atoms. The highest BCUT2D eigenvalue weighted by molar-refractivity contribution is 6.22. The van der Waals surface area contributed by atoms with Gasteiger partial charge in [-0.25, -0.2) is 4.98 Å². The van der Waals surface area contributed by atoms with Gasteiger partial charge in [-0.1, -0.05) is 202 Å². The second-order valence-corrected chi connectivity index (χ2v) is 22.6. The van der Waals surface area contributed by atoms with E-state index in [1.807, 2.05) is 81.6 Å². The predicted octanol–water partition coefficient (Wildman–Crippen LogP) is 19.8. The summed E-state index contributed by atoms with van der Waals surface area (Å²) in [5.74, 6) is 2.10. The van der Waals surface area contributed by atoms with Crippen molar-refractivity contribution in [2.75, 3.05) is 4.90 Å². The van der Waals surface area contributed by atoms with E-state index in [9.17, 15) is 0 Å². The first-order chi connectivity index (χ1) is 40.8. The van der Waals surface area contributed by atoms with Crippen LogP contribution in [-0.4, -0.2) is 14.1 Å². The summed E-state index contributed by atoms with van der Waals surface area (Å²) < 4.78 is 91.4. The summed E-state index contributed by atoms with van der Waals surface area (Å²) in [6, 6.07) is 69.6. The molecule has 3 aromatic heterocycles. The number of hydrogen-bond acceptors (Lipinski definition) is 3. The number of aromatic nitrogens is 3. The zero-order valence-electron chi connectivity index (χ0n) is 53.1. The molecular formula is C72H64N4O. The Balaban J connectivity index is 1.06. The van der Waals surface area contributed by atoms with Crippen molar-refractivity contribution in [3.05, 3.63) is 229 Å². The molecular weight excluding hydrogens is 937 g/mol. The Morgan fingerprint density at radius 1 is 0.429 bits per heavy atom. The average Bonchev–Trinajstić information content (AvgIpc) is 0.799. The molecule has 1 aliphatic rings. The minimum absolute atomic E-state index is 0.0849. The third-order valence-electron chi connectivity index (χ3n) is 15.5. The number of hydrogen-bond donors (Lipinski definition) is 0. The Hall–Kier alpha value is -8.67. The molecule has 12 aromatic rings. The highest BCUT2D eigenvalue weighted by Crippen LogP contribution is 2.47. The van der Waals surface area contributed by atoms with E-state index in [1.54, 1.807) is 0 Å². The van der Waals surface area contributed by atoms with Gasteiger partial charge in [-0.3, -0.25) is 4.57 Å². The smallest absolute Gasteiger partial charge is 0.137 e. The van der Waals surface area contributed by atoms with Crippen molar-refractivity contribution in [3.8, 4) is 39.6 Å². The maximum atomic E-state index is 8.89. The van der Waals surface area contributed by atoms with Crippen LogP contribution >= 0.6 is 0 Å². The van der Waals surface area contributed by atoms with Crippen LogP contribution in [0.25, 0.3) is 93.2 Å². The Bertz CT molecular complexity index is 4730. The topological polar surface area (TPSA) is 35.2 Å². The van der Waals surface area contributed by atoms with Crippen LogP contribution in [0.3, 0.4) is 0 Å². The van der Waals surface area contributed by atoms with Crippen LogP contribution in [-0.2, 0) is 22.9 Å². The van der Waals surface area contributed by atoms with E-state index in [4.69, 9.17) is 22.1 Å². The first kappa shape index (κ1) is 38.8. The lowest BCUT2D eigenvalue weighted by Gasteiger charge is -2.27. The molecule has 13 rings (SSSR count). The summed E-state index contributed by atoms with van der Waals surface area (Å²) in [5.41, 5.74) is 6.05. The van der Waals surface area contributed by atoms with Gasteiger partial charge in [0, 0.05) is 63.5 Å². The van der Waals surface area contributed by atoms with E-state index in [2.05, 4.69) is 174 Å². The molecule has 0 amide bonds. The first-order valence-electron chi connectivity index (χ1n) is 30.9. The zero-order chi connectivity index (χ0) is 60.5. The van der Waals surface area contributed by atoms with E-state index in [0.717, 1.165) is 93.5 Å². The molecule has 5 heteroatoms. The molecule has 378 valence electrons. The van der Waals surface area contributed by atoms with Crippen molar-refractivity contribution in [1.82, 2.24) is 14.1 Å². The molecule has 0 N–H and O–H groups in total. The van der Waals surface area contributed by atoms with Crippen molar-refractivity contribution in [2.24, 2.45) is 0 Å². The first-order valence-corrected chi connectivity index (χ1v) is 26.4. The van der Waals surface area contributed by atoms with E-state index >= 15 is 0 Å². The second-order valence-electron chi connectivity index (χ2n) is 22.6. The van der Waals surface area contributed by atoms with Gasteiger partial charge in [-0.15, -0.1) is 0 Å². The number of anilines is 2. The number of pyridine rings is 1. The molecule has 1 aliphatic heterocycles. The maximum absolute atomic E-state index is 8.89. The minimum Gasteiger partial charge on any atom is -0.457 e. The highest BCUT2D eigenvalue weighted by atomic mass is 16.5. The Kier molecular flexibility index (Phi) is 9.07. The quantitative estimate of drug-likeness (QED) is 0.166. The predicted molar refractivity (Wildman–Crippen MR) is 326 cm³/mol. The fourth-order valence-corrected chi connectivity index (χ4v) is 11.5. The summed E-state index contributed by atoms with van der Waals surface area (Å²) in [5, 5.41) is 7.97. The van der Waals surface area contributed by atoms with E-state index in [1.165, 1.54) is 17.7 Å². The van der Waals surface area contributed by atoms with E-state index in [0.29, 0.717) is 28.2 Å². The van der Waals surface area contributed by atoms with Gasteiger partial charge >= 0.3 is 0 Å². The largest absolute Gasteiger partial charge is 0.457 e. The van der Waals surface area contributed by atoms with Gasteiger partial charge < -0.3 is 14.2 Å². The van der Waals surface area contributed by atoms with Gasteiger partial charge in [0.1, 0.15) is 24.0 Å². The van der Waals surface area contributed by atoms with Crippen LogP contribution in [0.1, 0.15) is 91.1 Å². The summed E-state index contributed by atoms with van der Waals surface area (Å²) in [6.07, 6.45) is 1.88. The van der Waals surface area contributed by atoms with Crippen LogP contribution < -0.4 is 9.64 Å². The van der Waals surface area contributed by atoms with Gasteiger partial charge in [0.05, 0.1) is 27.8 Å². The van der Waals surface area contributed by atoms with Crippen molar-refractivity contribution in [3.63, 3.8) is 0 Å². The fourth-order valence-electron chi connectivity index (χ4n) is 11.5. The SMILES string of the molecule is [2H]C([2H])([2H])C(c1cc(-c2cccc3c4cc(-c5ccccc5)ccc4c4ccccc4c4cccc5c4n(c23)CN5c2cccc(Oc3ccc4c5ccccc5n(-c5cc(C(C)(C)C)ccn5)c4c3)c2)cc(C(C)(C)C)c1)(C([2H])([2H])[2H])C([2H])([2H])[2H]. The number of fused-ring (bicyclic) bond motifs is 10. The molecule has 0 saturated heterocycles. The lowest BCUT2D eigenvalue weighted by Crippen LogP contribution is -2.17. The van der Waals surface area contributed by atoms with Gasteiger partial charge in [0.25, 0.3) is 0 Å². The van der Waals surface area contributed by atoms with Crippen molar-refractivity contribution in [2.45, 2.75) is 85.0 Å². The van der Waals surface area contributed by atoms with Crippen molar-refractivity contribution >= 4 is 76.5 Å². The Labute approximate surface area is 464 Å². The van der Waals surface area contributed by atoms with Gasteiger partial charge in [-0.2, -0.15) is 0 Å². The summed E-state index contributed by atoms with van der Waals surface area (Å²) in [6.45, 7) is 2.33. The zero-order valence-corrected chi connectivity index (χ0v) is 44.1. The highest BCUT2D eigenvalue weighted by Gasteiger charge is 2.28. The summed E-state index contributed by atoms with van der Waals surface area (Å²) in [4.78, 5) is 7.18. The standard InChI is InChI=1S/C72H64N4O/c1-70(2,3)49-36-37-73-67(42-49)76-64-30-16-15-26-59(64)60-35-33-54(44-66(60)76)77-53-23-17-22-52(43-53)74-45-75-68-55(48-38-50(71(4,5)6)41-51(39-48)72(7,8)9)27-18-28-62(68)63-40-47(46-20-11-10-12-21-46)32-34-58(63)56-24-13-14-25-57(56)61-29-19-31-65(74)69(61)75/h10-44H,45H2,1-9H3/i4D3,5D3,6D3. The number of ether oxygens (including phenoxy) is 1. The monoisotopic (exact) mass is 1010 g/mol. The molecule has 0 unspecified atom stereocenters. The molecule has 0 atom stereocenters. The number of rotatable bonds is 6. The molecule has 0 aliphatic carbocycles. The minimum atomic E-state index is -3.48. The number of nitrogens with zero attached hydrogens (tertiary/aromatic N) is 4. The van der Waals surface area contributed by atoms with Crippen LogP contribution in [0, 0.1) is 0 Å². The van der Waals surface area contributed by atoms with E-state index in [-0.39, 0.29) is 17.6 Å². The maximum Gasteiger partial charge on any atom is 0.137 e. The van der Waals surface area contributed by atoms with Gasteiger partial charge in [0.15, 0.2) is 0 Å². The summed E-state index contributed by atoms with van der Waals surface area (Å²) >= 11 is 0. The fraction of sp³-hybridized carbons (Fsp3) is 0.181. The molecule has 5 nitrogen and oxygen atoms in total. The number of benzene rings is 9. The van der Waals surface area contributed by atoms with Crippen LogP contribution in [0.15, 0.2) is 212 Å². The molecule has 0 fully saturated rings. The third-order valence-corrected chi connectivity index (χ3v) is 15.5. The average molecular weight is 1010 g/mol.